The largest absolute Gasteiger partial charge is 0.371 e. The molecule has 22 heavy (non-hydrogen) atoms. The average Bonchev–Trinajstić information content (AvgIpc) is 2.56. The second-order valence-electron chi connectivity index (χ2n) is 6.36. The number of hydrogen-bond donors (Lipinski definition) is 0. The Morgan fingerprint density at radius 2 is 1.77 bits per heavy atom. The molecule has 2 nitrogen and oxygen atoms in total. The zero-order valence-corrected chi connectivity index (χ0v) is 13.5. The number of benzene rings is 2. The maximum atomic E-state index is 6.08. The SMILES string of the molecule is CC(C)c1ccccc1C1CN(Cc2ccccc2)CCO1. The van der Waals surface area contributed by atoms with Gasteiger partial charge in [0, 0.05) is 19.6 Å². The first-order valence-corrected chi connectivity index (χ1v) is 8.20. The molecule has 116 valence electrons. The van der Waals surface area contributed by atoms with Crippen LogP contribution in [0.25, 0.3) is 0 Å². The van der Waals surface area contributed by atoms with Crippen molar-refractivity contribution in [1.29, 1.82) is 0 Å². The van der Waals surface area contributed by atoms with E-state index < -0.39 is 0 Å². The molecule has 1 aliphatic heterocycles. The van der Waals surface area contributed by atoms with Crippen LogP contribution in [-0.2, 0) is 11.3 Å². The van der Waals surface area contributed by atoms with E-state index in [1.165, 1.54) is 16.7 Å². The van der Waals surface area contributed by atoms with Gasteiger partial charge in [0.05, 0.1) is 12.7 Å². The summed E-state index contributed by atoms with van der Waals surface area (Å²) >= 11 is 0. The van der Waals surface area contributed by atoms with Gasteiger partial charge in [-0.25, -0.2) is 0 Å². The summed E-state index contributed by atoms with van der Waals surface area (Å²) in [6.07, 6.45) is 0.191. The quantitative estimate of drug-likeness (QED) is 0.830. The van der Waals surface area contributed by atoms with Crippen LogP contribution < -0.4 is 0 Å². The summed E-state index contributed by atoms with van der Waals surface area (Å²) in [7, 11) is 0. The third kappa shape index (κ3) is 3.57. The maximum Gasteiger partial charge on any atom is 0.0955 e. The standard InChI is InChI=1S/C20H25NO/c1-16(2)18-10-6-7-11-19(18)20-15-21(12-13-22-20)14-17-8-4-3-5-9-17/h3-11,16,20H,12-15H2,1-2H3. The van der Waals surface area contributed by atoms with Crippen LogP contribution in [0.15, 0.2) is 54.6 Å². The van der Waals surface area contributed by atoms with E-state index in [9.17, 15) is 0 Å². The number of hydrogen-bond acceptors (Lipinski definition) is 2. The first kappa shape index (κ1) is 15.3. The van der Waals surface area contributed by atoms with Gasteiger partial charge in [-0.3, -0.25) is 4.90 Å². The smallest absolute Gasteiger partial charge is 0.0955 e. The van der Waals surface area contributed by atoms with E-state index in [-0.39, 0.29) is 6.10 Å². The lowest BCUT2D eigenvalue weighted by Gasteiger charge is -2.34. The normalized spacial score (nSPS) is 19.5. The van der Waals surface area contributed by atoms with Gasteiger partial charge in [-0.05, 0) is 22.6 Å². The maximum absolute atomic E-state index is 6.08. The van der Waals surface area contributed by atoms with Crippen molar-refractivity contribution in [3.8, 4) is 0 Å². The fourth-order valence-electron chi connectivity index (χ4n) is 3.21. The van der Waals surface area contributed by atoms with Gasteiger partial charge in [0.25, 0.3) is 0 Å². The van der Waals surface area contributed by atoms with Gasteiger partial charge in [0.2, 0.25) is 0 Å². The van der Waals surface area contributed by atoms with Crippen LogP contribution in [0.2, 0.25) is 0 Å². The van der Waals surface area contributed by atoms with Gasteiger partial charge in [0.1, 0.15) is 0 Å². The predicted molar refractivity (Wildman–Crippen MR) is 90.9 cm³/mol. The van der Waals surface area contributed by atoms with Crippen molar-refractivity contribution in [3.05, 3.63) is 71.3 Å². The van der Waals surface area contributed by atoms with Crippen LogP contribution in [0.4, 0.5) is 0 Å². The third-order valence-corrected chi connectivity index (χ3v) is 4.36. The van der Waals surface area contributed by atoms with Gasteiger partial charge in [-0.1, -0.05) is 68.4 Å². The van der Waals surface area contributed by atoms with Gasteiger partial charge in [-0.2, -0.15) is 0 Å². The molecule has 2 aromatic rings. The third-order valence-electron chi connectivity index (χ3n) is 4.36. The summed E-state index contributed by atoms with van der Waals surface area (Å²) in [5, 5.41) is 0. The average molecular weight is 295 g/mol. The van der Waals surface area contributed by atoms with Crippen molar-refractivity contribution in [3.63, 3.8) is 0 Å². The summed E-state index contributed by atoms with van der Waals surface area (Å²) in [4.78, 5) is 2.50. The van der Waals surface area contributed by atoms with E-state index in [1.807, 2.05) is 0 Å². The molecule has 2 heteroatoms. The van der Waals surface area contributed by atoms with Gasteiger partial charge < -0.3 is 4.74 Å². The van der Waals surface area contributed by atoms with Crippen LogP contribution in [0.1, 0.15) is 42.6 Å². The van der Waals surface area contributed by atoms with Crippen molar-refractivity contribution < 1.29 is 4.74 Å². The highest BCUT2D eigenvalue weighted by atomic mass is 16.5. The Hall–Kier alpha value is -1.64. The zero-order chi connectivity index (χ0) is 15.4. The minimum atomic E-state index is 0.191. The number of rotatable bonds is 4. The Morgan fingerprint density at radius 1 is 1.05 bits per heavy atom. The van der Waals surface area contributed by atoms with E-state index >= 15 is 0 Å². The van der Waals surface area contributed by atoms with Crippen LogP contribution in [0.5, 0.6) is 0 Å². The summed E-state index contributed by atoms with van der Waals surface area (Å²) in [6.45, 7) is 8.30. The molecule has 0 aliphatic carbocycles. The molecule has 0 N–H and O–H groups in total. The molecule has 1 unspecified atom stereocenters. The second kappa shape index (κ2) is 7.08. The van der Waals surface area contributed by atoms with Crippen molar-refractivity contribution in [1.82, 2.24) is 4.90 Å². The van der Waals surface area contributed by atoms with Crippen molar-refractivity contribution in [2.24, 2.45) is 0 Å². The summed E-state index contributed by atoms with van der Waals surface area (Å²) in [6, 6.07) is 19.4. The van der Waals surface area contributed by atoms with Crippen LogP contribution in [0.3, 0.4) is 0 Å². The molecule has 0 bridgehead atoms. The Balaban J connectivity index is 1.73. The lowest BCUT2D eigenvalue weighted by atomic mass is 9.93. The molecule has 1 fully saturated rings. The lowest BCUT2D eigenvalue weighted by molar-refractivity contribution is -0.0334. The van der Waals surface area contributed by atoms with E-state index in [0.29, 0.717) is 5.92 Å². The molecule has 1 heterocycles. The van der Waals surface area contributed by atoms with Crippen LogP contribution in [-0.4, -0.2) is 24.6 Å². The summed E-state index contributed by atoms with van der Waals surface area (Å²) in [5.74, 6) is 0.532. The first-order valence-electron chi connectivity index (χ1n) is 8.20. The van der Waals surface area contributed by atoms with E-state index in [2.05, 4.69) is 73.3 Å². The van der Waals surface area contributed by atoms with Crippen LogP contribution >= 0.6 is 0 Å². The molecule has 0 aromatic heterocycles. The topological polar surface area (TPSA) is 12.5 Å². The fourth-order valence-corrected chi connectivity index (χ4v) is 3.21. The van der Waals surface area contributed by atoms with Gasteiger partial charge in [0.15, 0.2) is 0 Å². The van der Waals surface area contributed by atoms with Crippen LogP contribution in [0, 0.1) is 0 Å². The minimum absolute atomic E-state index is 0.191. The molecule has 2 aromatic carbocycles. The molecular weight excluding hydrogens is 270 g/mol. The molecule has 0 amide bonds. The Kier molecular flexibility index (Phi) is 4.91. The molecule has 1 aliphatic rings. The highest BCUT2D eigenvalue weighted by molar-refractivity contribution is 5.32. The monoisotopic (exact) mass is 295 g/mol. The Labute approximate surface area is 133 Å². The lowest BCUT2D eigenvalue weighted by Crippen LogP contribution is -2.38. The zero-order valence-electron chi connectivity index (χ0n) is 13.5. The van der Waals surface area contributed by atoms with Crippen molar-refractivity contribution >= 4 is 0 Å². The Bertz CT molecular complexity index is 594. The summed E-state index contributed by atoms with van der Waals surface area (Å²) in [5.41, 5.74) is 4.14. The summed E-state index contributed by atoms with van der Waals surface area (Å²) < 4.78 is 6.08. The minimum Gasteiger partial charge on any atom is -0.371 e. The molecule has 0 spiro atoms. The van der Waals surface area contributed by atoms with Crippen molar-refractivity contribution in [2.75, 3.05) is 19.7 Å². The number of ether oxygens (including phenoxy) is 1. The first-order chi connectivity index (χ1) is 10.7. The van der Waals surface area contributed by atoms with Gasteiger partial charge >= 0.3 is 0 Å². The number of morpholine rings is 1. The highest BCUT2D eigenvalue weighted by Crippen LogP contribution is 2.29. The Morgan fingerprint density at radius 3 is 2.55 bits per heavy atom. The molecule has 0 radical (unpaired) electrons. The fraction of sp³-hybridized carbons (Fsp3) is 0.400. The highest BCUT2D eigenvalue weighted by Gasteiger charge is 2.24. The van der Waals surface area contributed by atoms with E-state index in [4.69, 9.17) is 4.74 Å². The number of nitrogens with zero attached hydrogens (tertiary/aromatic N) is 1. The predicted octanol–water partition coefficient (Wildman–Crippen LogP) is 4.38. The van der Waals surface area contributed by atoms with E-state index in [1.54, 1.807) is 0 Å². The molecule has 0 saturated carbocycles. The molecule has 1 saturated heterocycles. The molecular formula is C20H25NO. The molecule has 1 atom stereocenters. The van der Waals surface area contributed by atoms with Crippen molar-refractivity contribution in [2.45, 2.75) is 32.4 Å². The van der Waals surface area contributed by atoms with E-state index in [0.717, 1.165) is 26.2 Å². The molecule has 3 rings (SSSR count). The second-order valence-corrected chi connectivity index (χ2v) is 6.36. The van der Waals surface area contributed by atoms with Gasteiger partial charge in [-0.15, -0.1) is 0 Å².